The molecule has 1 fully saturated rings. The number of hydrogen-bond acceptors (Lipinski definition) is 6. The average molecular weight is 502 g/mol. The zero-order valence-corrected chi connectivity index (χ0v) is 21.8. The Hall–Kier alpha value is -3.44. The quantitative estimate of drug-likeness (QED) is 0.466. The molecule has 0 spiro atoms. The fraction of sp³-hybridized carbons (Fsp3) is 0.429. The van der Waals surface area contributed by atoms with Crippen molar-refractivity contribution in [2.45, 2.75) is 58.6 Å². The highest BCUT2D eigenvalue weighted by Gasteiger charge is 2.29. The van der Waals surface area contributed by atoms with Gasteiger partial charge in [-0.2, -0.15) is 5.26 Å². The van der Waals surface area contributed by atoms with Gasteiger partial charge in [0.15, 0.2) is 0 Å². The number of carbonyl (C=O) groups excluding carboxylic acids is 1. The number of nitrogens with zero attached hydrogens (tertiary/aromatic N) is 4. The van der Waals surface area contributed by atoms with Crippen LogP contribution in [0.1, 0.15) is 62.8 Å². The molecule has 1 aliphatic carbocycles. The lowest BCUT2D eigenvalue weighted by Crippen LogP contribution is -2.45. The number of ether oxygens (including phenoxy) is 1. The van der Waals surface area contributed by atoms with Crippen LogP contribution >= 0.6 is 11.3 Å². The van der Waals surface area contributed by atoms with Gasteiger partial charge in [-0.3, -0.25) is 0 Å². The third-order valence-corrected chi connectivity index (χ3v) is 7.88. The van der Waals surface area contributed by atoms with E-state index in [1.807, 2.05) is 43.0 Å². The van der Waals surface area contributed by atoms with Gasteiger partial charge in [0.2, 0.25) is 0 Å². The molecule has 2 amide bonds. The van der Waals surface area contributed by atoms with E-state index in [1.54, 1.807) is 0 Å². The number of urea groups is 1. The predicted octanol–water partition coefficient (Wildman–Crippen LogP) is 5.96. The number of carbonyl (C=O) groups is 1. The van der Waals surface area contributed by atoms with E-state index in [4.69, 9.17) is 4.74 Å². The number of benzene rings is 2. The lowest BCUT2D eigenvalue weighted by molar-refractivity contribution is 0.166. The summed E-state index contributed by atoms with van der Waals surface area (Å²) in [6, 6.07) is 14.1. The van der Waals surface area contributed by atoms with Crippen LogP contribution < -0.4 is 10.1 Å². The highest BCUT2D eigenvalue weighted by Crippen LogP contribution is 2.40. The number of rotatable bonds is 5. The summed E-state index contributed by atoms with van der Waals surface area (Å²) < 4.78 is 5.75. The van der Waals surface area contributed by atoms with Crippen LogP contribution in [0.3, 0.4) is 0 Å². The van der Waals surface area contributed by atoms with Crippen molar-refractivity contribution in [3.05, 3.63) is 53.1 Å². The van der Waals surface area contributed by atoms with Crippen molar-refractivity contribution in [2.24, 2.45) is 5.92 Å². The first-order valence-electron chi connectivity index (χ1n) is 12.6. The van der Waals surface area contributed by atoms with E-state index < -0.39 is 0 Å². The molecule has 36 heavy (non-hydrogen) atoms. The third-order valence-electron chi connectivity index (χ3n) is 6.88. The minimum Gasteiger partial charge on any atom is -0.490 e. The van der Waals surface area contributed by atoms with Gasteiger partial charge >= 0.3 is 6.03 Å². The van der Waals surface area contributed by atoms with Crippen molar-refractivity contribution in [1.29, 1.82) is 5.26 Å². The summed E-state index contributed by atoms with van der Waals surface area (Å²) >= 11 is 1.51. The first kappa shape index (κ1) is 24.3. The molecule has 2 heterocycles. The summed E-state index contributed by atoms with van der Waals surface area (Å²) in [4.78, 5) is 14.9. The lowest BCUT2D eigenvalue weighted by atomic mass is 10.0. The van der Waals surface area contributed by atoms with Gasteiger partial charge in [0, 0.05) is 24.2 Å². The third kappa shape index (κ3) is 4.93. The highest BCUT2D eigenvalue weighted by atomic mass is 32.1. The van der Waals surface area contributed by atoms with E-state index in [0.29, 0.717) is 17.2 Å². The molecule has 8 heteroatoms. The summed E-state index contributed by atoms with van der Waals surface area (Å²) in [6.07, 6.45) is 4.03. The second kappa shape index (κ2) is 10.3. The largest absolute Gasteiger partial charge is 0.490 e. The Labute approximate surface area is 216 Å². The molecule has 1 aromatic heterocycles. The van der Waals surface area contributed by atoms with Gasteiger partial charge in [0.05, 0.1) is 17.7 Å². The molecule has 0 bridgehead atoms. The van der Waals surface area contributed by atoms with Gasteiger partial charge in [0.25, 0.3) is 0 Å². The molecule has 0 saturated carbocycles. The molecule has 5 rings (SSSR count). The molecule has 1 N–H and O–H groups in total. The molecule has 7 nitrogen and oxygen atoms in total. The zero-order chi connectivity index (χ0) is 25.2. The van der Waals surface area contributed by atoms with Crippen molar-refractivity contribution in [1.82, 2.24) is 20.4 Å². The van der Waals surface area contributed by atoms with Crippen molar-refractivity contribution in [3.8, 4) is 33.0 Å². The Balaban J connectivity index is 1.36. The Morgan fingerprint density at radius 1 is 1.22 bits per heavy atom. The lowest BCUT2D eigenvalue weighted by Gasteiger charge is -2.32. The van der Waals surface area contributed by atoms with Gasteiger partial charge in [-0.25, -0.2) is 4.79 Å². The second-order valence-corrected chi connectivity index (χ2v) is 11.0. The van der Waals surface area contributed by atoms with Crippen LogP contribution in [-0.4, -0.2) is 40.3 Å². The van der Waals surface area contributed by atoms with E-state index in [2.05, 4.69) is 40.6 Å². The standard InChI is InChI=1S/C28H31N5O2S/c1-17(2)35-25-12-9-19(14-20(25)15-29)26-31-32-27(36-26)23-8-4-7-22-21(23)10-11-24(22)30-28(34)33-13-5-6-18(3)16-33/h4,7-9,12,14,17-18,24H,5-6,10-11,13,16H2,1-3H3,(H,30,34)/t18-,24+/m0/s1. The van der Waals surface area contributed by atoms with Crippen LogP contribution in [0.25, 0.3) is 21.1 Å². The summed E-state index contributed by atoms with van der Waals surface area (Å²) in [7, 11) is 0. The topological polar surface area (TPSA) is 91.1 Å². The molecule has 3 aromatic rings. The molecule has 2 aromatic carbocycles. The molecule has 2 aliphatic rings. The average Bonchev–Trinajstić information content (AvgIpc) is 3.52. The normalized spacial score (nSPS) is 19.1. The monoisotopic (exact) mass is 501 g/mol. The van der Waals surface area contributed by atoms with Crippen LogP contribution in [-0.2, 0) is 6.42 Å². The Kier molecular flexibility index (Phi) is 6.92. The van der Waals surface area contributed by atoms with Crippen LogP contribution in [0.4, 0.5) is 4.79 Å². The van der Waals surface area contributed by atoms with Crippen molar-refractivity contribution in [2.75, 3.05) is 13.1 Å². The first-order chi connectivity index (χ1) is 17.4. The molecule has 1 aliphatic heterocycles. The predicted molar refractivity (Wildman–Crippen MR) is 141 cm³/mol. The number of nitrogens with one attached hydrogen (secondary N) is 1. The van der Waals surface area contributed by atoms with E-state index in [1.165, 1.54) is 28.9 Å². The Morgan fingerprint density at radius 3 is 2.83 bits per heavy atom. The maximum absolute atomic E-state index is 12.9. The van der Waals surface area contributed by atoms with Gasteiger partial charge in [0.1, 0.15) is 21.8 Å². The minimum absolute atomic E-state index is 0.00622. The smallest absolute Gasteiger partial charge is 0.317 e. The highest BCUT2D eigenvalue weighted by molar-refractivity contribution is 7.17. The van der Waals surface area contributed by atoms with Gasteiger partial charge in [-0.05, 0) is 74.8 Å². The molecule has 1 saturated heterocycles. The fourth-order valence-corrected chi connectivity index (χ4v) is 6.07. The van der Waals surface area contributed by atoms with Crippen LogP contribution in [0.5, 0.6) is 5.75 Å². The molecular weight excluding hydrogens is 470 g/mol. The van der Waals surface area contributed by atoms with Crippen LogP contribution in [0.15, 0.2) is 36.4 Å². The summed E-state index contributed by atoms with van der Waals surface area (Å²) in [6.45, 7) is 7.75. The van der Waals surface area contributed by atoms with Crippen LogP contribution in [0, 0.1) is 17.2 Å². The Bertz CT molecular complexity index is 1310. The molecule has 0 radical (unpaired) electrons. The summed E-state index contributed by atoms with van der Waals surface area (Å²) in [5, 5.41) is 23.4. The number of fused-ring (bicyclic) bond motifs is 1. The molecule has 0 unspecified atom stereocenters. The van der Waals surface area contributed by atoms with Gasteiger partial charge < -0.3 is 15.0 Å². The molecule has 2 atom stereocenters. The number of amides is 2. The maximum Gasteiger partial charge on any atom is 0.317 e. The van der Waals surface area contributed by atoms with Crippen molar-refractivity contribution < 1.29 is 9.53 Å². The Morgan fingerprint density at radius 2 is 2.06 bits per heavy atom. The van der Waals surface area contributed by atoms with E-state index in [9.17, 15) is 10.1 Å². The summed E-state index contributed by atoms with van der Waals surface area (Å²) in [5.41, 5.74) is 4.81. The fourth-order valence-electron chi connectivity index (χ4n) is 5.17. The van der Waals surface area contributed by atoms with Gasteiger partial charge in [-0.15, -0.1) is 10.2 Å². The number of hydrogen-bond donors (Lipinski definition) is 1. The second-order valence-electron chi connectivity index (χ2n) is 10.0. The molecular formula is C28H31N5O2S. The number of nitriles is 1. The van der Waals surface area contributed by atoms with E-state index in [0.717, 1.165) is 53.5 Å². The first-order valence-corrected chi connectivity index (χ1v) is 13.5. The SMILES string of the molecule is CC(C)Oc1ccc(-c2nnc(-c3cccc4c3CC[C@H]4NC(=O)N3CCC[C@H](C)C3)s2)cc1C#N. The van der Waals surface area contributed by atoms with E-state index in [-0.39, 0.29) is 18.2 Å². The van der Waals surface area contributed by atoms with Crippen molar-refractivity contribution >= 4 is 17.4 Å². The van der Waals surface area contributed by atoms with E-state index >= 15 is 0 Å². The van der Waals surface area contributed by atoms with Gasteiger partial charge in [-0.1, -0.05) is 36.5 Å². The zero-order valence-electron chi connectivity index (χ0n) is 21.0. The van der Waals surface area contributed by atoms with Crippen molar-refractivity contribution in [3.63, 3.8) is 0 Å². The summed E-state index contributed by atoms with van der Waals surface area (Å²) in [5.74, 6) is 1.13. The van der Waals surface area contributed by atoms with Crippen LogP contribution in [0.2, 0.25) is 0 Å². The number of aromatic nitrogens is 2. The maximum atomic E-state index is 12.9. The number of piperidine rings is 1. The minimum atomic E-state index is -0.00622. The molecule has 186 valence electrons. The number of likely N-dealkylation sites (tertiary alicyclic amines) is 1.